The van der Waals surface area contributed by atoms with Crippen LogP contribution >= 0.6 is 11.3 Å². The van der Waals surface area contributed by atoms with E-state index in [1.165, 1.54) is 28.4 Å². The Labute approximate surface area is 200 Å². The summed E-state index contributed by atoms with van der Waals surface area (Å²) in [6, 6.07) is 8.93. The van der Waals surface area contributed by atoms with Gasteiger partial charge in [0.05, 0.1) is 28.0 Å². The number of carbonyl (C=O) groups is 2. The first-order chi connectivity index (χ1) is 16.1. The molecule has 2 aliphatic heterocycles. The number of hydrogen-bond donors (Lipinski definition) is 0. The van der Waals surface area contributed by atoms with Gasteiger partial charge < -0.3 is 14.7 Å². The maximum atomic E-state index is 13.5. The van der Waals surface area contributed by atoms with Gasteiger partial charge in [-0.15, -0.1) is 11.3 Å². The summed E-state index contributed by atoms with van der Waals surface area (Å²) in [6.45, 7) is 1.69. The lowest BCUT2D eigenvalue weighted by Crippen LogP contribution is -2.49. The average molecular weight is 491 g/mol. The highest BCUT2D eigenvalue weighted by atomic mass is 32.1. The summed E-state index contributed by atoms with van der Waals surface area (Å²) in [7, 11) is 3.36. The number of nitrogens with zero attached hydrogens (tertiary/aromatic N) is 4. The number of nitriles is 1. The molecule has 0 aliphatic carbocycles. The third kappa shape index (κ3) is 4.37. The molecule has 0 saturated carbocycles. The highest BCUT2D eigenvalue weighted by Crippen LogP contribution is 2.47. The number of rotatable bonds is 3. The van der Waals surface area contributed by atoms with Crippen molar-refractivity contribution in [2.45, 2.75) is 19.0 Å². The number of alkyl halides is 3. The molecule has 4 rings (SSSR count). The van der Waals surface area contributed by atoms with Crippen LogP contribution in [-0.4, -0.2) is 61.9 Å². The zero-order chi connectivity index (χ0) is 24.7. The van der Waals surface area contributed by atoms with E-state index < -0.39 is 28.6 Å². The summed E-state index contributed by atoms with van der Waals surface area (Å²) < 4.78 is 40.6. The number of hydrogen-bond acceptors (Lipinski definition) is 5. The molecule has 2 aromatic rings. The minimum absolute atomic E-state index is 0.0305. The summed E-state index contributed by atoms with van der Waals surface area (Å²) in [5.41, 5.74) is -1.50. The summed E-state index contributed by atoms with van der Waals surface area (Å²) in [5.74, 6) is -0.492. The monoisotopic (exact) mass is 490 g/mol. The summed E-state index contributed by atoms with van der Waals surface area (Å²) in [6.07, 6.45) is -3.47. The molecule has 180 valence electrons. The second kappa shape index (κ2) is 8.95. The van der Waals surface area contributed by atoms with Crippen LogP contribution in [0.4, 0.5) is 18.9 Å². The molecule has 2 aliphatic rings. The number of carbonyl (C=O) groups excluding carboxylic acids is 2. The molecule has 0 N–H and O–H groups in total. The van der Waals surface area contributed by atoms with Crippen LogP contribution in [0, 0.1) is 22.7 Å². The zero-order valence-electron chi connectivity index (χ0n) is 18.9. The van der Waals surface area contributed by atoms with Crippen molar-refractivity contribution in [2.75, 3.05) is 45.2 Å². The molecule has 1 spiro atoms. The van der Waals surface area contributed by atoms with Gasteiger partial charge in [0.2, 0.25) is 5.91 Å². The van der Waals surface area contributed by atoms with Crippen LogP contribution in [0.25, 0.3) is 0 Å². The lowest BCUT2D eigenvalue weighted by Gasteiger charge is -2.42. The van der Waals surface area contributed by atoms with Crippen LogP contribution in [0.5, 0.6) is 0 Å². The van der Waals surface area contributed by atoms with Crippen molar-refractivity contribution in [3.05, 3.63) is 51.7 Å². The van der Waals surface area contributed by atoms with Crippen LogP contribution in [0.3, 0.4) is 0 Å². The Morgan fingerprint density at radius 2 is 1.91 bits per heavy atom. The van der Waals surface area contributed by atoms with Crippen molar-refractivity contribution in [2.24, 2.45) is 11.3 Å². The highest BCUT2D eigenvalue weighted by Gasteiger charge is 2.52. The molecule has 0 radical (unpaired) electrons. The number of benzene rings is 1. The highest BCUT2D eigenvalue weighted by molar-refractivity contribution is 7.12. The summed E-state index contributed by atoms with van der Waals surface area (Å²) >= 11 is 1.39. The average Bonchev–Trinajstić information content (AvgIpc) is 3.46. The largest absolute Gasteiger partial charge is 0.417 e. The molecule has 2 amide bonds. The second-order valence-corrected chi connectivity index (χ2v) is 10.1. The van der Waals surface area contributed by atoms with Crippen molar-refractivity contribution in [3.8, 4) is 6.07 Å². The maximum absolute atomic E-state index is 13.5. The van der Waals surface area contributed by atoms with E-state index >= 15 is 0 Å². The molecular weight excluding hydrogens is 465 g/mol. The van der Waals surface area contributed by atoms with E-state index in [2.05, 4.69) is 0 Å². The smallest absolute Gasteiger partial charge is 0.370 e. The number of piperidine rings is 1. The summed E-state index contributed by atoms with van der Waals surface area (Å²) in [4.78, 5) is 31.7. The van der Waals surface area contributed by atoms with E-state index in [4.69, 9.17) is 5.26 Å². The van der Waals surface area contributed by atoms with Crippen molar-refractivity contribution in [3.63, 3.8) is 0 Å². The first-order valence-electron chi connectivity index (χ1n) is 11.0. The molecule has 1 aromatic heterocycles. The third-order valence-corrected chi connectivity index (χ3v) is 7.82. The Morgan fingerprint density at radius 3 is 2.47 bits per heavy atom. The van der Waals surface area contributed by atoms with Crippen molar-refractivity contribution < 1.29 is 22.8 Å². The standard InChI is InChI=1S/C24H25F3N4O2S/c1-29(2)21(32)19-14-31(17-6-5-16(13-28)18(12-17)24(25,26)27)15-23(19)7-9-30(10-8-23)22(33)20-4-3-11-34-20/h3-6,11-12,19H,7-10,14-15H2,1-2H3. The lowest BCUT2D eigenvalue weighted by molar-refractivity contribution is -0.138. The minimum Gasteiger partial charge on any atom is -0.370 e. The molecule has 2 fully saturated rings. The van der Waals surface area contributed by atoms with Crippen molar-refractivity contribution in [1.29, 1.82) is 5.26 Å². The third-order valence-electron chi connectivity index (χ3n) is 6.96. The van der Waals surface area contributed by atoms with Crippen molar-refractivity contribution in [1.82, 2.24) is 9.80 Å². The Bertz CT molecular complexity index is 1120. The van der Waals surface area contributed by atoms with E-state index in [0.29, 0.717) is 49.6 Å². The van der Waals surface area contributed by atoms with E-state index in [9.17, 15) is 22.8 Å². The molecule has 0 bridgehead atoms. The zero-order valence-corrected chi connectivity index (χ0v) is 19.7. The fraction of sp³-hybridized carbons (Fsp3) is 0.458. The Kier molecular flexibility index (Phi) is 6.34. The van der Waals surface area contributed by atoms with E-state index in [-0.39, 0.29) is 11.8 Å². The van der Waals surface area contributed by atoms with Crippen LogP contribution in [-0.2, 0) is 11.0 Å². The molecular formula is C24H25F3N4O2S. The number of thiophene rings is 1. The summed E-state index contributed by atoms with van der Waals surface area (Å²) in [5, 5.41) is 11.0. The number of anilines is 1. The van der Waals surface area contributed by atoms with E-state index in [1.54, 1.807) is 31.1 Å². The van der Waals surface area contributed by atoms with Gasteiger partial charge in [-0.1, -0.05) is 6.07 Å². The Hall–Kier alpha value is -3.06. The normalized spacial score (nSPS) is 19.8. The molecule has 10 heteroatoms. The van der Waals surface area contributed by atoms with Gasteiger partial charge in [-0.3, -0.25) is 9.59 Å². The van der Waals surface area contributed by atoms with Crippen LogP contribution in [0.2, 0.25) is 0 Å². The topological polar surface area (TPSA) is 67.7 Å². The molecule has 34 heavy (non-hydrogen) atoms. The van der Waals surface area contributed by atoms with Crippen LogP contribution < -0.4 is 4.90 Å². The van der Waals surface area contributed by atoms with Crippen LogP contribution in [0.1, 0.15) is 33.6 Å². The first kappa shape index (κ1) is 24.1. The van der Waals surface area contributed by atoms with Gasteiger partial charge in [-0.25, -0.2) is 0 Å². The quantitative estimate of drug-likeness (QED) is 0.650. The Balaban J connectivity index is 1.60. The predicted octanol–water partition coefficient (Wildman–Crippen LogP) is 4.09. The SMILES string of the molecule is CN(C)C(=O)C1CN(c2ccc(C#N)c(C(F)(F)F)c2)CC12CCN(C(=O)c1cccs1)CC2. The Morgan fingerprint density at radius 1 is 1.21 bits per heavy atom. The number of likely N-dealkylation sites (tertiary alicyclic amines) is 1. The fourth-order valence-electron chi connectivity index (χ4n) is 5.10. The van der Waals surface area contributed by atoms with Gasteiger partial charge in [-0.2, -0.15) is 18.4 Å². The van der Waals surface area contributed by atoms with Gasteiger partial charge in [0.25, 0.3) is 5.91 Å². The molecule has 6 nitrogen and oxygen atoms in total. The van der Waals surface area contributed by atoms with Crippen LogP contribution in [0.15, 0.2) is 35.7 Å². The van der Waals surface area contributed by atoms with Crippen molar-refractivity contribution >= 4 is 28.8 Å². The minimum atomic E-state index is -4.65. The van der Waals surface area contributed by atoms with Gasteiger partial charge in [0, 0.05) is 51.4 Å². The lowest BCUT2D eigenvalue weighted by atomic mass is 9.70. The molecule has 2 saturated heterocycles. The molecule has 1 aromatic carbocycles. The molecule has 3 heterocycles. The second-order valence-electron chi connectivity index (χ2n) is 9.14. The molecule has 1 unspecified atom stereocenters. The number of halogens is 3. The fourth-order valence-corrected chi connectivity index (χ4v) is 5.79. The van der Waals surface area contributed by atoms with Gasteiger partial charge in [0.15, 0.2) is 0 Å². The van der Waals surface area contributed by atoms with Gasteiger partial charge >= 0.3 is 6.18 Å². The van der Waals surface area contributed by atoms with E-state index in [1.807, 2.05) is 16.3 Å². The van der Waals surface area contributed by atoms with E-state index in [0.717, 1.165) is 6.07 Å². The predicted molar refractivity (Wildman–Crippen MR) is 122 cm³/mol. The number of amides is 2. The molecule has 1 atom stereocenters. The maximum Gasteiger partial charge on any atom is 0.417 e. The van der Waals surface area contributed by atoms with Gasteiger partial charge in [0.1, 0.15) is 0 Å². The first-order valence-corrected chi connectivity index (χ1v) is 11.8. The van der Waals surface area contributed by atoms with Gasteiger partial charge in [-0.05, 0) is 42.5 Å².